The van der Waals surface area contributed by atoms with Gasteiger partial charge in [-0.25, -0.2) is 9.78 Å². The Kier molecular flexibility index (Phi) is 5.54. The average molecular weight is 448 g/mol. The molecule has 0 spiro atoms. The van der Waals surface area contributed by atoms with Crippen LogP contribution in [0.2, 0.25) is 0 Å². The standard InChI is InChI=1S/C17H14BrN5O5/c18-9-1-3-11(4-2-9)23-14(25)6-13(24)15(22-23)16(26)21-12(17(27)28)5-10-7-19-8-20-10/h1-4,6-8,12,24H,5H2,(H,19,20)(H,21,26)(H,27,28). The van der Waals surface area contributed by atoms with Crippen LogP contribution in [-0.4, -0.2) is 47.9 Å². The molecule has 0 aliphatic heterocycles. The zero-order chi connectivity index (χ0) is 20.3. The molecule has 0 aliphatic carbocycles. The van der Waals surface area contributed by atoms with Crippen molar-refractivity contribution in [2.75, 3.05) is 0 Å². The smallest absolute Gasteiger partial charge is 0.326 e. The molecule has 1 atom stereocenters. The summed E-state index contributed by atoms with van der Waals surface area (Å²) >= 11 is 3.28. The van der Waals surface area contributed by atoms with Crippen molar-refractivity contribution < 1.29 is 19.8 Å². The SMILES string of the molecule is O=C(NC(Cc1cnc[nH]1)C(=O)O)c1nn(-c2ccc(Br)cc2)c(=O)cc1O. The lowest BCUT2D eigenvalue weighted by molar-refractivity contribution is -0.139. The Morgan fingerprint density at radius 2 is 2.00 bits per heavy atom. The second-order valence-electron chi connectivity index (χ2n) is 5.75. The van der Waals surface area contributed by atoms with Crippen LogP contribution in [-0.2, 0) is 11.2 Å². The number of hydrogen-bond donors (Lipinski definition) is 4. The molecule has 2 heterocycles. The molecule has 0 fully saturated rings. The van der Waals surface area contributed by atoms with E-state index in [1.807, 2.05) is 0 Å². The summed E-state index contributed by atoms with van der Waals surface area (Å²) < 4.78 is 1.72. The molecule has 0 radical (unpaired) electrons. The second-order valence-corrected chi connectivity index (χ2v) is 6.67. The number of carboxylic acids is 1. The Balaban J connectivity index is 1.90. The summed E-state index contributed by atoms with van der Waals surface area (Å²) in [5.41, 5.74) is -0.249. The molecule has 0 bridgehead atoms. The third-order valence-corrected chi connectivity index (χ3v) is 4.31. The van der Waals surface area contributed by atoms with Crippen LogP contribution in [0.1, 0.15) is 16.2 Å². The number of aromatic hydroxyl groups is 1. The minimum absolute atomic E-state index is 0.0474. The maximum Gasteiger partial charge on any atom is 0.326 e. The van der Waals surface area contributed by atoms with Gasteiger partial charge >= 0.3 is 5.97 Å². The first-order chi connectivity index (χ1) is 13.3. The topological polar surface area (TPSA) is 150 Å². The predicted molar refractivity (Wildman–Crippen MR) is 100 cm³/mol. The summed E-state index contributed by atoms with van der Waals surface area (Å²) in [5, 5.41) is 25.5. The van der Waals surface area contributed by atoms with E-state index in [-0.39, 0.29) is 6.42 Å². The highest BCUT2D eigenvalue weighted by atomic mass is 79.9. The Morgan fingerprint density at radius 3 is 2.61 bits per heavy atom. The lowest BCUT2D eigenvalue weighted by Crippen LogP contribution is -2.43. The molecule has 0 saturated carbocycles. The fourth-order valence-corrected chi connectivity index (χ4v) is 2.68. The molecule has 0 saturated heterocycles. The summed E-state index contributed by atoms with van der Waals surface area (Å²) in [5.74, 6) is -2.86. The third-order valence-electron chi connectivity index (χ3n) is 3.78. The largest absolute Gasteiger partial charge is 0.505 e. The number of carbonyl (C=O) groups excluding carboxylic acids is 1. The van der Waals surface area contributed by atoms with E-state index in [9.17, 15) is 24.6 Å². The highest BCUT2D eigenvalue weighted by Gasteiger charge is 2.25. The van der Waals surface area contributed by atoms with Gasteiger partial charge < -0.3 is 20.5 Å². The fraction of sp³-hybridized carbons (Fsp3) is 0.118. The van der Waals surface area contributed by atoms with E-state index in [0.717, 1.165) is 15.2 Å². The summed E-state index contributed by atoms with van der Waals surface area (Å²) in [6, 6.07) is 6.10. The molecule has 2 aromatic heterocycles. The number of imidazole rings is 1. The van der Waals surface area contributed by atoms with Gasteiger partial charge in [0.1, 0.15) is 6.04 Å². The molecular formula is C17H14BrN5O5. The van der Waals surface area contributed by atoms with E-state index in [1.165, 1.54) is 12.5 Å². The number of hydrogen-bond acceptors (Lipinski definition) is 6. The zero-order valence-electron chi connectivity index (χ0n) is 14.2. The minimum Gasteiger partial charge on any atom is -0.505 e. The van der Waals surface area contributed by atoms with Gasteiger partial charge in [-0.1, -0.05) is 15.9 Å². The number of aliphatic carboxylic acids is 1. The van der Waals surface area contributed by atoms with Crippen LogP contribution in [0, 0.1) is 0 Å². The molecule has 1 amide bonds. The number of halogens is 1. The maximum absolute atomic E-state index is 12.5. The molecule has 144 valence electrons. The first-order valence-corrected chi connectivity index (χ1v) is 8.74. The van der Waals surface area contributed by atoms with E-state index in [4.69, 9.17) is 0 Å². The van der Waals surface area contributed by atoms with Crippen molar-refractivity contribution in [3.05, 3.63) is 69.1 Å². The molecule has 11 heteroatoms. The van der Waals surface area contributed by atoms with Crippen molar-refractivity contribution in [1.82, 2.24) is 25.1 Å². The van der Waals surface area contributed by atoms with Gasteiger partial charge in [0, 0.05) is 28.9 Å². The molecule has 1 unspecified atom stereocenters. The molecule has 1 aromatic carbocycles. The molecule has 0 aliphatic rings. The number of H-pyrrole nitrogens is 1. The monoisotopic (exact) mass is 447 g/mol. The van der Waals surface area contributed by atoms with E-state index in [1.54, 1.807) is 24.3 Å². The molecule has 3 rings (SSSR count). The Bertz CT molecular complexity index is 1060. The minimum atomic E-state index is -1.29. The highest BCUT2D eigenvalue weighted by molar-refractivity contribution is 9.10. The second kappa shape index (κ2) is 8.05. The van der Waals surface area contributed by atoms with Crippen LogP contribution in [0.5, 0.6) is 5.75 Å². The van der Waals surface area contributed by atoms with Gasteiger partial charge in [-0.15, -0.1) is 0 Å². The van der Waals surface area contributed by atoms with Gasteiger partial charge in [-0.3, -0.25) is 9.59 Å². The van der Waals surface area contributed by atoms with Crippen LogP contribution >= 0.6 is 15.9 Å². The van der Waals surface area contributed by atoms with E-state index >= 15 is 0 Å². The number of rotatable bonds is 6. The van der Waals surface area contributed by atoms with E-state index in [0.29, 0.717) is 11.4 Å². The van der Waals surface area contributed by atoms with Crippen LogP contribution in [0.4, 0.5) is 0 Å². The summed E-state index contributed by atoms with van der Waals surface area (Å²) in [7, 11) is 0. The van der Waals surface area contributed by atoms with Gasteiger partial charge in [0.15, 0.2) is 11.4 Å². The first-order valence-electron chi connectivity index (χ1n) is 7.95. The van der Waals surface area contributed by atoms with Crippen molar-refractivity contribution in [2.45, 2.75) is 12.5 Å². The number of nitrogens with one attached hydrogen (secondary N) is 2. The van der Waals surface area contributed by atoms with Gasteiger partial charge in [-0.2, -0.15) is 9.78 Å². The van der Waals surface area contributed by atoms with Crippen molar-refractivity contribution in [3.8, 4) is 11.4 Å². The van der Waals surface area contributed by atoms with Gasteiger partial charge in [-0.05, 0) is 24.3 Å². The Labute approximate surface area is 166 Å². The maximum atomic E-state index is 12.5. The number of benzene rings is 1. The van der Waals surface area contributed by atoms with E-state index in [2.05, 4.69) is 36.3 Å². The van der Waals surface area contributed by atoms with Crippen molar-refractivity contribution in [3.63, 3.8) is 0 Å². The van der Waals surface area contributed by atoms with E-state index < -0.39 is 34.9 Å². The summed E-state index contributed by atoms with van der Waals surface area (Å²) in [4.78, 5) is 42.6. The lowest BCUT2D eigenvalue weighted by atomic mass is 10.1. The molecular weight excluding hydrogens is 434 g/mol. The number of aromatic amines is 1. The number of carboxylic acid groups (broad SMARTS) is 1. The fourth-order valence-electron chi connectivity index (χ4n) is 2.42. The predicted octanol–water partition coefficient (Wildman–Crippen LogP) is 0.849. The van der Waals surface area contributed by atoms with Crippen molar-refractivity contribution >= 4 is 27.8 Å². The highest BCUT2D eigenvalue weighted by Crippen LogP contribution is 2.15. The average Bonchev–Trinajstić information content (AvgIpc) is 3.15. The number of amides is 1. The van der Waals surface area contributed by atoms with Crippen molar-refractivity contribution in [1.29, 1.82) is 0 Å². The molecule has 3 aromatic rings. The summed E-state index contributed by atoms with van der Waals surface area (Å²) in [6.45, 7) is 0. The van der Waals surface area contributed by atoms with Gasteiger partial charge in [0.05, 0.1) is 12.0 Å². The van der Waals surface area contributed by atoms with Crippen LogP contribution < -0.4 is 10.9 Å². The van der Waals surface area contributed by atoms with Crippen LogP contribution in [0.25, 0.3) is 5.69 Å². The summed E-state index contributed by atoms with van der Waals surface area (Å²) in [6.07, 6.45) is 2.78. The third kappa shape index (κ3) is 4.26. The lowest BCUT2D eigenvalue weighted by Gasteiger charge is -2.14. The quantitative estimate of drug-likeness (QED) is 0.437. The normalized spacial score (nSPS) is 11.8. The van der Waals surface area contributed by atoms with Crippen LogP contribution in [0.15, 0.2) is 52.1 Å². The first kappa shape index (κ1) is 19.3. The molecule has 4 N–H and O–H groups in total. The van der Waals surface area contributed by atoms with Gasteiger partial charge in [0.2, 0.25) is 0 Å². The zero-order valence-corrected chi connectivity index (χ0v) is 15.8. The number of nitrogens with zero attached hydrogens (tertiary/aromatic N) is 3. The van der Waals surface area contributed by atoms with Crippen LogP contribution in [0.3, 0.4) is 0 Å². The Morgan fingerprint density at radius 1 is 1.29 bits per heavy atom. The van der Waals surface area contributed by atoms with Gasteiger partial charge in [0.25, 0.3) is 11.5 Å². The molecule has 28 heavy (non-hydrogen) atoms. The molecule has 10 nitrogen and oxygen atoms in total. The Hall–Kier alpha value is -3.47. The van der Waals surface area contributed by atoms with Crippen molar-refractivity contribution in [2.24, 2.45) is 0 Å². The number of carbonyl (C=O) groups is 2. The number of aromatic nitrogens is 4.